The lowest BCUT2D eigenvalue weighted by atomic mass is 10.0. The highest BCUT2D eigenvalue weighted by Crippen LogP contribution is 2.18. The Morgan fingerprint density at radius 1 is 0.378 bits per heavy atom. The van der Waals surface area contributed by atoms with E-state index in [9.17, 15) is 19.8 Å². The number of hydrogen-bond donors (Lipinski definition) is 3. The molecule has 0 radical (unpaired) electrons. The third-order valence-electron chi connectivity index (χ3n) is 15.4. The van der Waals surface area contributed by atoms with Crippen molar-refractivity contribution in [2.75, 3.05) is 13.2 Å². The van der Waals surface area contributed by atoms with E-state index in [2.05, 4.69) is 43.5 Å². The maximum Gasteiger partial charge on any atom is 0.305 e. The third-order valence-corrected chi connectivity index (χ3v) is 15.4. The molecule has 0 aliphatic carbocycles. The second-order valence-corrected chi connectivity index (χ2v) is 22.8. The summed E-state index contributed by atoms with van der Waals surface area (Å²) in [5.74, 6) is -0.0537. The van der Waals surface area contributed by atoms with Crippen LogP contribution >= 0.6 is 0 Å². The first-order valence-electron chi connectivity index (χ1n) is 33.3. The number of amides is 1. The van der Waals surface area contributed by atoms with Crippen molar-refractivity contribution in [3.8, 4) is 0 Å². The van der Waals surface area contributed by atoms with Gasteiger partial charge in [-0.3, -0.25) is 9.59 Å². The van der Waals surface area contributed by atoms with E-state index < -0.39 is 12.1 Å². The highest BCUT2D eigenvalue weighted by Gasteiger charge is 2.18. The van der Waals surface area contributed by atoms with Gasteiger partial charge in [0, 0.05) is 12.8 Å². The van der Waals surface area contributed by atoms with Crippen LogP contribution in [0.25, 0.3) is 0 Å². The smallest absolute Gasteiger partial charge is 0.305 e. The first-order chi connectivity index (χ1) is 36.5. The number of aliphatic hydroxyl groups is 2. The van der Waals surface area contributed by atoms with E-state index in [-0.39, 0.29) is 18.5 Å². The molecule has 1 amide bonds. The molecule has 0 aromatic carbocycles. The van der Waals surface area contributed by atoms with Crippen molar-refractivity contribution in [1.82, 2.24) is 5.32 Å². The van der Waals surface area contributed by atoms with Crippen LogP contribution < -0.4 is 5.32 Å². The van der Waals surface area contributed by atoms with Gasteiger partial charge in [0.1, 0.15) is 0 Å². The van der Waals surface area contributed by atoms with Crippen LogP contribution in [0.15, 0.2) is 36.5 Å². The number of esters is 1. The summed E-state index contributed by atoms with van der Waals surface area (Å²) in [7, 11) is 0. The number of hydrogen-bond acceptors (Lipinski definition) is 5. The lowest BCUT2D eigenvalue weighted by Gasteiger charge is -2.20. The number of allylic oxidation sites excluding steroid dienone is 5. The van der Waals surface area contributed by atoms with Gasteiger partial charge in [0.05, 0.1) is 25.4 Å². The van der Waals surface area contributed by atoms with Crippen molar-refractivity contribution in [2.24, 2.45) is 0 Å². The van der Waals surface area contributed by atoms with Crippen LogP contribution in [-0.2, 0) is 14.3 Å². The maximum atomic E-state index is 12.5. The topological polar surface area (TPSA) is 95.9 Å². The summed E-state index contributed by atoms with van der Waals surface area (Å²) in [6.07, 6.45) is 80.6. The average Bonchev–Trinajstić information content (AvgIpc) is 3.40. The van der Waals surface area contributed by atoms with E-state index in [0.717, 1.165) is 44.9 Å². The van der Waals surface area contributed by atoms with Crippen molar-refractivity contribution < 1.29 is 24.5 Å². The summed E-state index contributed by atoms with van der Waals surface area (Å²) in [5, 5.41) is 23.1. The molecule has 0 aromatic heterocycles. The molecule has 436 valence electrons. The number of carbonyl (C=O) groups excluding carboxylic acids is 2. The Bertz CT molecular complexity index is 1200. The Morgan fingerprint density at radius 3 is 1.03 bits per heavy atom. The molecule has 6 nitrogen and oxygen atoms in total. The Balaban J connectivity index is 3.41. The van der Waals surface area contributed by atoms with Gasteiger partial charge in [0.15, 0.2) is 0 Å². The minimum Gasteiger partial charge on any atom is -0.466 e. The van der Waals surface area contributed by atoms with Gasteiger partial charge in [0.25, 0.3) is 0 Å². The summed E-state index contributed by atoms with van der Waals surface area (Å²) in [4.78, 5) is 24.5. The standard InChI is InChI=1S/C68H129NO5/c1-3-5-7-9-11-13-15-17-36-40-44-48-52-56-60-66(71)65(64-70)69-67(72)61-57-53-49-45-41-37-34-32-30-28-26-24-22-20-19-21-23-25-27-29-31-33-35-39-43-47-51-55-59-63-74-68(73)62-58-54-50-46-42-38-18-16-14-12-10-8-6-4-2/h19,21,25,27,56,60,65-66,70-71H,3-18,20,22-24,26,28-55,57-59,61-64H2,1-2H3,(H,69,72)/b21-19-,27-25-,60-56+. The molecule has 0 bridgehead atoms. The van der Waals surface area contributed by atoms with Gasteiger partial charge in [-0.15, -0.1) is 0 Å². The molecule has 0 saturated heterocycles. The molecule has 0 rings (SSSR count). The first-order valence-corrected chi connectivity index (χ1v) is 33.3. The molecule has 0 saturated carbocycles. The summed E-state index contributed by atoms with van der Waals surface area (Å²) in [6.45, 7) is 4.92. The summed E-state index contributed by atoms with van der Waals surface area (Å²) in [5.41, 5.74) is 0. The zero-order valence-corrected chi connectivity index (χ0v) is 49.8. The minimum absolute atomic E-state index is 0.0141. The maximum absolute atomic E-state index is 12.5. The molecule has 74 heavy (non-hydrogen) atoms. The Hall–Kier alpha value is -1.92. The fourth-order valence-electron chi connectivity index (χ4n) is 10.3. The third kappa shape index (κ3) is 59.3. The number of unbranched alkanes of at least 4 members (excludes halogenated alkanes) is 47. The molecule has 0 fully saturated rings. The Morgan fingerprint density at radius 2 is 0.676 bits per heavy atom. The zero-order chi connectivity index (χ0) is 53.6. The van der Waals surface area contributed by atoms with E-state index in [1.807, 2.05) is 6.08 Å². The number of ether oxygens (including phenoxy) is 1. The van der Waals surface area contributed by atoms with Gasteiger partial charge < -0.3 is 20.3 Å². The van der Waals surface area contributed by atoms with E-state index in [1.165, 1.54) is 289 Å². The molecule has 6 heteroatoms. The molecular formula is C68H129NO5. The van der Waals surface area contributed by atoms with E-state index in [0.29, 0.717) is 19.4 Å². The summed E-state index contributed by atoms with van der Waals surface area (Å²) in [6, 6.07) is -0.628. The van der Waals surface area contributed by atoms with E-state index in [1.54, 1.807) is 6.08 Å². The summed E-state index contributed by atoms with van der Waals surface area (Å²) < 4.78 is 5.49. The molecule has 0 aromatic rings. The fourth-order valence-corrected chi connectivity index (χ4v) is 10.3. The van der Waals surface area contributed by atoms with Gasteiger partial charge in [-0.05, 0) is 64.2 Å². The molecular weight excluding hydrogens is 911 g/mol. The highest BCUT2D eigenvalue weighted by atomic mass is 16.5. The normalized spacial score (nSPS) is 12.8. The average molecular weight is 1040 g/mol. The van der Waals surface area contributed by atoms with Crippen molar-refractivity contribution in [3.05, 3.63) is 36.5 Å². The predicted molar refractivity (Wildman–Crippen MR) is 324 cm³/mol. The van der Waals surface area contributed by atoms with Crippen LogP contribution in [0.2, 0.25) is 0 Å². The van der Waals surface area contributed by atoms with Crippen molar-refractivity contribution in [3.63, 3.8) is 0 Å². The molecule has 2 atom stereocenters. The van der Waals surface area contributed by atoms with E-state index >= 15 is 0 Å². The fraction of sp³-hybridized carbons (Fsp3) is 0.882. The highest BCUT2D eigenvalue weighted by molar-refractivity contribution is 5.76. The van der Waals surface area contributed by atoms with Gasteiger partial charge >= 0.3 is 5.97 Å². The molecule has 0 aliphatic rings. The zero-order valence-electron chi connectivity index (χ0n) is 49.8. The van der Waals surface area contributed by atoms with Crippen molar-refractivity contribution >= 4 is 11.9 Å². The number of carbonyl (C=O) groups is 2. The second-order valence-electron chi connectivity index (χ2n) is 22.8. The SMILES string of the molecule is CCCCCCCCCCCCCC/C=C/C(O)C(CO)NC(=O)CCCCCCCCCCCCCCC/C=C\C/C=C\CCCCCCCCCCCOC(=O)CCCCCCCCCCCCCCCC. The van der Waals surface area contributed by atoms with Crippen LogP contribution in [0.3, 0.4) is 0 Å². The second kappa shape index (κ2) is 63.6. The number of aliphatic hydroxyl groups excluding tert-OH is 2. The largest absolute Gasteiger partial charge is 0.466 e. The summed E-state index contributed by atoms with van der Waals surface area (Å²) >= 11 is 0. The van der Waals surface area contributed by atoms with Gasteiger partial charge in [-0.1, -0.05) is 320 Å². The lowest BCUT2D eigenvalue weighted by Crippen LogP contribution is -2.45. The van der Waals surface area contributed by atoms with Gasteiger partial charge in [0.2, 0.25) is 5.91 Å². The number of nitrogens with one attached hydrogen (secondary N) is 1. The predicted octanol–water partition coefficient (Wildman–Crippen LogP) is 21.1. The minimum atomic E-state index is -0.845. The Labute approximate surface area is 462 Å². The van der Waals surface area contributed by atoms with Crippen molar-refractivity contribution in [1.29, 1.82) is 0 Å². The quantitative estimate of drug-likeness (QED) is 0.0320. The van der Waals surface area contributed by atoms with Crippen LogP contribution in [0.5, 0.6) is 0 Å². The first kappa shape index (κ1) is 72.1. The van der Waals surface area contributed by atoms with E-state index in [4.69, 9.17) is 4.74 Å². The Kier molecular flexibility index (Phi) is 62.0. The van der Waals surface area contributed by atoms with Crippen LogP contribution in [0.1, 0.15) is 361 Å². The van der Waals surface area contributed by atoms with Crippen LogP contribution in [0, 0.1) is 0 Å². The molecule has 2 unspecified atom stereocenters. The van der Waals surface area contributed by atoms with Crippen LogP contribution in [-0.4, -0.2) is 47.4 Å². The number of rotatable bonds is 62. The van der Waals surface area contributed by atoms with Gasteiger partial charge in [-0.2, -0.15) is 0 Å². The molecule has 3 N–H and O–H groups in total. The molecule has 0 aliphatic heterocycles. The molecule has 0 spiro atoms. The monoisotopic (exact) mass is 1040 g/mol. The lowest BCUT2D eigenvalue weighted by molar-refractivity contribution is -0.143. The van der Waals surface area contributed by atoms with Gasteiger partial charge in [-0.25, -0.2) is 0 Å². The molecule has 0 heterocycles. The van der Waals surface area contributed by atoms with Crippen LogP contribution in [0.4, 0.5) is 0 Å². The van der Waals surface area contributed by atoms with Crippen molar-refractivity contribution in [2.45, 2.75) is 373 Å².